The molecule has 0 aliphatic carbocycles. The Bertz CT molecular complexity index is 1190. The summed E-state index contributed by atoms with van der Waals surface area (Å²) in [6, 6.07) is 18.0. The molecule has 0 radical (unpaired) electrons. The van der Waals surface area contributed by atoms with E-state index in [1.165, 1.54) is 12.1 Å². The van der Waals surface area contributed by atoms with Crippen LogP contribution in [-0.2, 0) is 14.8 Å². The van der Waals surface area contributed by atoms with Crippen molar-refractivity contribution in [2.45, 2.75) is 38.2 Å². The van der Waals surface area contributed by atoms with Gasteiger partial charge >= 0.3 is 0 Å². The van der Waals surface area contributed by atoms with E-state index in [2.05, 4.69) is 10.0 Å². The van der Waals surface area contributed by atoms with Crippen LogP contribution in [0.3, 0.4) is 0 Å². The lowest BCUT2D eigenvalue weighted by Gasteiger charge is -2.19. The molecule has 6 nitrogen and oxygen atoms in total. The molecule has 0 heterocycles. The van der Waals surface area contributed by atoms with Crippen molar-refractivity contribution in [2.75, 3.05) is 10.0 Å². The van der Waals surface area contributed by atoms with Crippen molar-refractivity contribution in [1.29, 1.82) is 0 Å². The molecule has 0 fully saturated rings. The Labute approximate surface area is 193 Å². The lowest BCUT2D eigenvalue weighted by atomic mass is 10.1. The van der Waals surface area contributed by atoms with Crippen LogP contribution in [0.1, 0.15) is 24.5 Å². The third-order valence-electron chi connectivity index (χ3n) is 5.02. The van der Waals surface area contributed by atoms with Crippen molar-refractivity contribution >= 4 is 38.9 Å². The highest BCUT2D eigenvalue weighted by Crippen LogP contribution is 2.24. The summed E-state index contributed by atoms with van der Waals surface area (Å²) in [4.78, 5) is 12.8. The van der Waals surface area contributed by atoms with E-state index in [1.807, 2.05) is 39.0 Å². The average Bonchev–Trinajstić information content (AvgIpc) is 2.76. The molecule has 32 heavy (non-hydrogen) atoms. The number of amides is 1. The molecule has 0 saturated carbocycles. The van der Waals surface area contributed by atoms with Crippen LogP contribution in [0, 0.1) is 13.8 Å². The van der Waals surface area contributed by atoms with Gasteiger partial charge in [-0.05, 0) is 86.0 Å². The summed E-state index contributed by atoms with van der Waals surface area (Å²) in [7, 11) is -3.77. The molecule has 2 N–H and O–H groups in total. The molecule has 3 aromatic carbocycles. The maximum Gasteiger partial charge on any atom is 0.265 e. The van der Waals surface area contributed by atoms with Crippen LogP contribution in [0.5, 0.6) is 5.75 Å². The standard InChI is InChI=1S/C24H25ClN2O4S/c1-4-22(31-23-7-5-6-16(2)17(23)3)24(28)26-19-12-14-21(15-13-19)32(29,30)27-20-10-8-18(25)9-11-20/h5-15,22,27H,4H2,1-3H3,(H,26,28)/t22-/m0/s1. The van der Waals surface area contributed by atoms with E-state index in [0.29, 0.717) is 28.6 Å². The van der Waals surface area contributed by atoms with Gasteiger partial charge in [0.15, 0.2) is 6.10 Å². The first-order valence-corrected chi connectivity index (χ1v) is 12.0. The van der Waals surface area contributed by atoms with Crippen LogP contribution in [-0.4, -0.2) is 20.4 Å². The fraction of sp³-hybridized carbons (Fsp3) is 0.208. The second-order valence-corrected chi connectivity index (χ2v) is 9.46. The van der Waals surface area contributed by atoms with Crippen LogP contribution in [0.15, 0.2) is 71.6 Å². The Hall–Kier alpha value is -3.03. The maximum atomic E-state index is 12.7. The van der Waals surface area contributed by atoms with E-state index >= 15 is 0 Å². The first kappa shape index (κ1) is 23.6. The highest BCUT2D eigenvalue weighted by Gasteiger charge is 2.20. The zero-order valence-corrected chi connectivity index (χ0v) is 19.6. The van der Waals surface area contributed by atoms with Crippen LogP contribution >= 0.6 is 11.6 Å². The summed E-state index contributed by atoms with van der Waals surface area (Å²) in [6.07, 6.45) is -0.193. The summed E-state index contributed by atoms with van der Waals surface area (Å²) in [5.74, 6) is 0.366. The normalized spacial score (nSPS) is 12.1. The number of aryl methyl sites for hydroxylation is 1. The number of hydrogen-bond acceptors (Lipinski definition) is 4. The lowest BCUT2D eigenvalue weighted by Crippen LogP contribution is -2.32. The van der Waals surface area contributed by atoms with Crippen molar-refractivity contribution in [2.24, 2.45) is 0 Å². The number of anilines is 2. The van der Waals surface area contributed by atoms with Gasteiger partial charge in [-0.25, -0.2) is 8.42 Å². The Morgan fingerprint density at radius 1 is 0.969 bits per heavy atom. The molecule has 0 aliphatic heterocycles. The van der Waals surface area contributed by atoms with Crippen LogP contribution in [0.2, 0.25) is 5.02 Å². The average molecular weight is 473 g/mol. The highest BCUT2D eigenvalue weighted by molar-refractivity contribution is 7.92. The van der Waals surface area contributed by atoms with Gasteiger partial charge in [0, 0.05) is 16.4 Å². The fourth-order valence-electron chi connectivity index (χ4n) is 3.00. The van der Waals surface area contributed by atoms with Crippen LogP contribution in [0.4, 0.5) is 11.4 Å². The van der Waals surface area contributed by atoms with Gasteiger partial charge in [0.05, 0.1) is 4.90 Å². The predicted molar refractivity (Wildman–Crippen MR) is 128 cm³/mol. The molecule has 0 aliphatic rings. The number of carbonyl (C=O) groups excluding carboxylic acids is 1. The molecule has 1 atom stereocenters. The first-order valence-electron chi connectivity index (χ1n) is 10.1. The molecule has 3 aromatic rings. The van der Waals surface area contributed by atoms with Crippen molar-refractivity contribution in [3.05, 3.63) is 82.9 Å². The van der Waals surface area contributed by atoms with Gasteiger partial charge in [0.2, 0.25) is 0 Å². The van der Waals surface area contributed by atoms with Crippen LogP contribution in [0.25, 0.3) is 0 Å². The third-order valence-corrected chi connectivity index (χ3v) is 6.67. The van der Waals surface area contributed by atoms with Gasteiger partial charge in [-0.2, -0.15) is 0 Å². The molecule has 0 unspecified atom stereocenters. The zero-order valence-electron chi connectivity index (χ0n) is 18.1. The van der Waals surface area contributed by atoms with Gasteiger partial charge in [-0.3, -0.25) is 9.52 Å². The van der Waals surface area contributed by atoms with Gasteiger partial charge in [0.1, 0.15) is 5.75 Å². The summed E-state index contributed by atoms with van der Waals surface area (Å²) in [5.41, 5.74) is 2.95. The maximum absolute atomic E-state index is 12.7. The molecular formula is C24H25ClN2O4S. The Morgan fingerprint density at radius 2 is 1.59 bits per heavy atom. The molecule has 8 heteroatoms. The van der Waals surface area contributed by atoms with E-state index in [9.17, 15) is 13.2 Å². The number of rotatable bonds is 8. The van der Waals surface area contributed by atoms with Gasteiger partial charge in [-0.1, -0.05) is 30.7 Å². The lowest BCUT2D eigenvalue weighted by molar-refractivity contribution is -0.122. The largest absolute Gasteiger partial charge is 0.480 e. The topological polar surface area (TPSA) is 84.5 Å². The SMILES string of the molecule is CC[C@H](Oc1cccc(C)c1C)C(=O)Nc1ccc(S(=O)(=O)Nc2ccc(Cl)cc2)cc1. The highest BCUT2D eigenvalue weighted by atomic mass is 35.5. The van der Waals surface area contributed by atoms with Crippen molar-refractivity contribution in [1.82, 2.24) is 0 Å². The number of hydrogen-bond donors (Lipinski definition) is 2. The van der Waals surface area contributed by atoms with E-state index in [0.717, 1.165) is 11.1 Å². The second-order valence-electron chi connectivity index (χ2n) is 7.34. The fourth-order valence-corrected chi connectivity index (χ4v) is 4.18. The second kappa shape index (κ2) is 10.1. The molecule has 0 aromatic heterocycles. The van der Waals surface area contributed by atoms with E-state index in [1.54, 1.807) is 36.4 Å². The smallest absolute Gasteiger partial charge is 0.265 e. The third kappa shape index (κ3) is 5.81. The minimum absolute atomic E-state index is 0.0733. The van der Waals surface area contributed by atoms with Gasteiger partial charge in [0.25, 0.3) is 15.9 Å². The number of ether oxygens (including phenoxy) is 1. The van der Waals surface area contributed by atoms with Crippen molar-refractivity contribution in [3.63, 3.8) is 0 Å². The Morgan fingerprint density at radius 3 is 2.22 bits per heavy atom. The van der Waals surface area contributed by atoms with E-state index in [4.69, 9.17) is 16.3 Å². The molecule has 168 valence electrons. The van der Waals surface area contributed by atoms with Gasteiger partial charge in [-0.15, -0.1) is 0 Å². The molecule has 0 saturated heterocycles. The van der Waals surface area contributed by atoms with E-state index in [-0.39, 0.29) is 10.8 Å². The molecule has 3 rings (SSSR count). The number of sulfonamides is 1. The van der Waals surface area contributed by atoms with E-state index < -0.39 is 16.1 Å². The quantitative estimate of drug-likeness (QED) is 0.450. The molecule has 0 bridgehead atoms. The Kier molecular flexibility index (Phi) is 7.43. The number of carbonyl (C=O) groups is 1. The molecular weight excluding hydrogens is 448 g/mol. The van der Waals surface area contributed by atoms with Crippen molar-refractivity contribution in [3.8, 4) is 5.75 Å². The number of nitrogens with one attached hydrogen (secondary N) is 2. The number of benzene rings is 3. The van der Waals surface area contributed by atoms with Crippen molar-refractivity contribution < 1.29 is 17.9 Å². The minimum Gasteiger partial charge on any atom is -0.480 e. The summed E-state index contributed by atoms with van der Waals surface area (Å²) in [6.45, 7) is 5.81. The minimum atomic E-state index is -3.77. The van der Waals surface area contributed by atoms with Crippen LogP contribution < -0.4 is 14.8 Å². The predicted octanol–water partition coefficient (Wildman–Crippen LogP) is 5.55. The summed E-state index contributed by atoms with van der Waals surface area (Å²) >= 11 is 5.83. The monoisotopic (exact) mass is 472 g/mol. The molecule has 0 spiro atoms. The zero-order chi connectivity index (χ0) is 23.3. The van der Waals surface area contributed by atoms with Gasteiger partial charge < -0.3 is 10.1 Å². The number of halogens is 1. The Balaban J connectivity index is 1.67. The summed E-state index contributed by atoms with van der Waals surface area (Å²) in [5, 5.41) is 3.30. The first-order chi connectivity index (χ1) is 15.2. The molecule has 1 amide bonds. The summed E-state index contributed by atoms with van der Waals surface area (Å²) < 4.78 is 33.6.